The van der Waals surface area contributed by atoms with Crippen LogP contribution in [0.15, 0.2) is 42.5 Å². The predicted octanol–water partition coefficient (Wildman–Crippen LogP) is 0.166. The van der Waals surface area contributed by atoms with Crippen LogP contribution >= 0.6 is 0 Å². The van der Waals surface area contributed by atoms with Gasteiger partial charge in [0.1, 0.15) is 47.8 Å². The summed E-state index contributed by atoms with van der Waals surface area (Å²) in [6, 6.07) is 9.31. The predicted molar refractivity (Wildman–Crippen MR) is 146 cm³/mol. The maximum absolute atomic E-state index is 12.8. The van der Waals surface area contributed by atoms with Gasteiger partial charge in [-0.25, -0.2) is 0 Å². The first-order valence-electron chi connectivity index (χ1n) is 13.7. The van der Waals surface area contributed by atoms with Gasteiger partial charge in [0.15, 0.2) is 23.0 Å². The lowest BCUT2D eigenvalue weighted by Gasteiger charge is -2.41. The van der Waals surface area contributed by atoms with E-state index in [0.29, 0.717) is 11.1 Å². The Morgan fingerprint density at radius 3 is 2.09 bits per heavy atom. The molecule has 234 valence electrons. The molecule has 44 heavy (non-hydrogen) atoms. The van der Waals surface area contributed by atoms with Gasteiger partial charge in [-0.2, -0.15) is 0 Å². The number of phenolic OH excluding ortho intramolecular Hbond substituents is 4. The molecule has 3 aliphatic heterocycles. The van der Waals surface area contributed by atoms with Crippen LogP contribution in [0.3, 0.4) is 0 Å². The third-order valence-corrected chi connectivity index (χ3v) is 8.12. The fourth-order valence-electron chi connectivity index (χ4n) is 5.81. The standard InChI is InChI=1S/C30H30O14/c31-10-22-25(38)26(39)27(40)30(43-22)44-29-14-7-19(36)28(12-2-4-16(33)18(35)6-12)42-20(14)9-21-24(29)13(8-23(37)41-21)11-1-3-15(32)17(34)5-11/h1-6,9,13,19,22,25-28,30-36,38-40H,7-8,10H2/t13-,19-,22+,25+,26-,27+,28+,30-/m0/s1. The van der Waals surface area contributed by atoms with Gasteiger partial charge in [-0.3, -0.25) is 4.79 Å². The SMILES string of the molecule is O=C1C[C@@H](c2ccc(O)c(O)c2)c2c(cc3c(c2O[C@@H]2O[C@H](CO)[C@@H](O)[C@H](O)[C@H]2O)C[C@H](O)[C@@H](c2ccc(O)c(O)c2)O3)O1. The van der Waals surface area contributed by atoms with Gasteiger partial charge in [0.05, 0.1) is 19.1 Å². The molecule has 3 heterocycles. The van der Waals surface area contributed by atoms with Gasteiger partial charge in [-0.05, 0) is 35.4 Å². The Labute approximate surface area is 249 Å². The molecule has 9 N–H and O–H groups in total. The second-order valence-electron chi connectivity index (χ2n) is 10.9. The average Bonchev–Trinajstić information content (AvgIpc) is 2.99. The number of fused-ring (bicyclic) bond motifs is 2. The molecule has 0 spiro atoms. The number of phenols is 4. The molecule has 0 bridgehead atoms. The first-order chi connectivity index (χ1) is 21.0. The molecule has 0 radical (unpaired) electrons. The van der Waals surface area contributed by atoms with Crippen molar-refractivity contribution in [1.29, 1.82) is 0 Å². The van der Waals surface area contributed by atoms with Crippen LogP contribution in [0.1, 0.15) is 40.7 Å². The summed E-state index contributed by atoms with van der Waals surface area (Å²) in [5, 5.41) is 92.1. The van der Waals surface area contributed by atoms with E-state index >= 15 is 0 Å². The maximum Gasteiger partial charge on any atom is 0.312 e. The lowest BCUT2D eigenvalue weighted by Crippen LogP contribution is -2.60. The zero-order chi connectivity index (χ0) is 31.4. The Kier molecular flexibility index (Phi) is 7.65. The number of benzene rings is 3. The smallest absolute Gasteiger partial charge is 0.312 e. The van der Waals surface area contributed by atoms with Crippen molar-refractivity contribution in [1.82, 2.24) is 0 Å². The Morgan fingerprint density at radius 2 is 1.43 bits per heavy atom. The van der Waals surface area contributed by atoms with Crippen molar-refractivity contribution in [3.8, 4) is 40.2 Å². The van der Waals surface area contributed by atoms with Crippen LogP contribution in [0.5, 0.6) is 40.2 Å². The van der Waals surface area contributed by atoms with Crippen LogP contribution < -0.4 is 14.2 Å². The van der Waals surface area contributed by atoms with Gasteiger partial charge in [-0.15, -0.1) is 0 Å². The van der Waals surface area contributed by atoms with Crippen LogP contribution in [0, 0.1) is 0 Å². The summed E-state index contributed by atoms with van der Waals surface area (Å²) >= 11 is 0. The van der Waals surface area contributed by atoms with E-state index in [1.54, 1.807) is 0 Å². The Bertz CT molecular complexity index is 1590. The van der Waals surface area contributed by atoms with Gasteiger partial charge in [0, 0.05) is 29.5 Å². The van der Waals surface area contributed by atoms with Gasteiger partial charge in [-0.1, -0.05) is 12.1 Å². The quantitative estimate of drug-likeness (QED) is 0.106. The van der Waals surface area contributed by atoms with E-state index in [2.05, 4.69) is 0 Å². The van der Waals surface area contributed by atoms with Crippen molar-refractivity contribution in [2.24, 2.45) is 0 Å². The van der Waals surface area contributed by atoms with Crippen molar-refractivity contribution in [3.05, 3.63) is 64.7 Å². The Balaban J connectivity index is 1.50. The number of aliphatic hydroxyl groups is 5. The first kappa shape index (κ1) is 29.7. The summed E-state index contributed by atoms with van der Waals surface area (Å²) < 4.78 is 23.4. The van der Waals surface area contributed by atoms with Gasteiger partial charge < -0.3 is 64.9 Å². The highest BCUT2D eigenvalue weighted by atomic mass is 16.7. The van der Waals surface area contributed by atoms with Crippen LogP contribution in [-0.4, -0.2) is 95.3 Å². The summed E-state index contributed by atoms with van der Waals surface area (Å²) in [6.45, 7) is -0.716. The minimum absolute atomic E-state index is 0.0270. The van der Waals surface area contributed by atoms with Gasteiger partial charge >= 0.3 is 5.97 Å². The highest BCUT2D eigenvalue weighted by Crippen LogP contribution is 2.53. The monoisotopic (exact) mass is 614 g/mol. The molecule has 0 amide bonds. The summed E-state index contributed by atoms with van der Waals surface area (Å²) in [6.07, 6.45) is -10.8. The van der Waals surface area contributed by atoms with E-state index in [0.717, 1.165) is 0 Å². The summed E-state index contributed by atoms with van der Waals surface area (Å²) in [7, 11) is 0. The summed E-state index contributed by atoms with van der Waals surface area (Å²) in [5.41, 5.74) is 1.19. The largest absolute Gasteiger partial charge is 0.504 e. The fourth-order valence-corrected chi connectivity index (χ4v) is 5.81. The zero-order valence-electron chi connectivity index (χ0n) is 22.8. The van der Waals surface area contributed by atoms with Crippen LogP contribution in [0.4, 0.5) is 0 Å². The second-order valence-corrected chi connectivity index (χ2v) is 10.9. The van der Waals surface area contributed by atoms with Gasteiger partial charge in [0.2, 0.25) is 6.29 Å². The van der Waals surface area contributed by atoms with Crippen molar-refractivity contribution in [2.75, 3.05) is 6.61 Å². The minimum Gasteiger partial charge on any atom is -0.504 e. The zero-order valence-corrected chi connectivity index (χ0v) is 22.8. The number of aliphatic hydroxyl groups excluding tert-OH is 5. The highest BCUT2D eigenvalue weighted by Gasteiger charge is 2.47. The van der Waals surface area contributed by atoms with Crippen molar-refractivity contribution < 1.29 is 69.7 Å². The Hall–Kier alpha value is -4.31. The molecule has 8 atom stereocenters. The molecule has 0 unspecified atom stereocenters. The molecular formula is C30H30O14. The molecular weight excluding hydrogens is 584 g/mol. The summed E-state index contributed by atoms with van der Waals surface area (Å²) in [4.78, 5) is 12.8. The number of hydrogen-bond donors (Lipinski definition) is 9. The van der Waals surface area contributed by atoms with E-state index in [4.69, 9.17) is 18.9 Å². The first-order valence-corrected chi connectivity index (χ1v) is 13.7. The van der Waals surface area contributed by atoms with Crippen molar-refractivity contribution in [2.45, 2.75) is 61.7 Å². The van der Waals surface area contributed by atoms with Crippen LogP contribution in [-0.2, 0) is 16.0 Å². The number of aromatic hydroxyl groups is 4. The molecule has 1 saturated heterocycles. The lowest BCUT2D eigenvalue weighted by molar-refractivity contribution is -0.277. The van der Waals surface area contributed by atoms with E-state index in [1.807, 2.05) is 0 Å². The normalized spacial score (nSPS) is 29.6. The molecule has 1 fully saturated rings. The average molecular weight is 615 g/mol. The summed E-state index contributed by atoms with van der Waals surface area (Å²) in [5.74, 6) is -3.13. The molecule has 3 aliphatic rings. The van der Waals surface area contributed by atoms with Crippen molar-refractivity contribution in [3.63, 3.8) is 0 Å². The van der Waals surface area contributed by atoms with E-state index in [-0.39, 0.29) is 47.0 Å². The lowest BCUT2D eigenvalue weighted by atomic mass is 9.82. The number of esters is 1. The van der Waals surface area contributed by atoms with E-state index in [9.17, 15) is 50.8 Å². The van der Waals surface area contributed by atoms with Crippen LogP contribution in [0.2, 0.25) is 0 Å². The molecule has 6 rings (SSSR count). The number of carbonyl (C=O) groups excluding carboxylic acids is 1. The molecule has 3 aromatic carbocycles. The maximum atomic E-state index is 12.8. The van der Waals surface area contributed by atoms with Crippen molar-refractivity contribution >= 4 is 5.97 Å². The molecule has 14 heteroatoms. The van der Waals surface area contributed by atoms with Gasteiger partial charge in [0.25, 0.3) is 0 Å². The van der Waals surface area contributed by atoms with Crippen LogP contribution in [0.25, 0.3) is 0 Å². The molecule has 0 aromatic heterocycles. The van der Waals surface area contributed by atoms with E-state index in [1.165, 1.54) is 42.5 Å². The molecule has 0 aliphatic carbocycles. The Morgan fingerprint density at radius 1 is 0.773 bits per heavy atom. The molecule has 3 aromatic rings. The third kappa shape index (κ3) is 5.11. The number of carbonyl (C=O) groups is 1. The number of hydrogen-bond acceptors (Lipinski definition) is 14. The fraction of sp³-hybridized carbons (Fsp3) is 0.367. The minimum atomic E-state index is -1.80. The van der Waals surface area contributed by atoms with E-state index < -0.39 is 78.7 Å². The number of rotatable bonds is 5. The number of ether oxygens (including phenoxy) is 4. The molecule has 0 saturated carbocycles. The third-order valence-electron chi connectivity index (χ3n) is 8.12. The topological polar surface area (TPSA) is 236 Å². The molecule has 14 nitrogen and oxygen atoms in total. The second kappa shape index (κ2) is 11.3. The highest BCUT2D eigenvalue weighted by molar-refractivity contribution is 5.80.